The number of phenols is 1. The van der Waals surface area contributed by atoms with E-state index in [1.807, 2.05) is 35.1 Å². The SMILES string of the molecule is C=CCc1cc(N(CC)C(=O)[C@H](Cc2ccccc2)NC(=O)NS(=O)(=O)c2ccccc2C)ccc1O. The smallest absolute Gasteiger partial charge is 0.329 e. The van der Waals surface area contributed by atoms with Gasteiger partial charge in [-0.05, 0) is 61.2 Å². The number of rotatable bonds is 10. The van der Waals surface area contributed by atoms with Crippen LogP contribution < -0.4 is 14.9 Å². The van der Waals surface area contributed by atoms with Crippen molar-refractivity contribution in [3.63, 3.8) is 0 Å². The molecule has 0 spiro atoms. The van der Waals surface area contributed by atoms with Crippen LogP contribution >= 0.6 is 0 Å². The van der Waals surface area contributed by atoms with Crippen LogP contribution in [0.1, 0.15) is 23.6 Å². The molecule has 1 atom stereocenters. The van der Waals surface area contributed by atoms with Gasteiger partial charge in [0.2, 0.25) is 5.91 Å². The normalized spacial score (nSPS) is 11.8. The van der Waals surface area contributed by atoms with Gasteiger partial charge in [0.05, 0.1) is 4.90 Å². The Morgan fingerprint density at radius 3 is 2.38 bits per heavy atom. The second kappa shape index (κ2) is 12.2. The summed E-state index contributed by atoms with van der Waals surface area (Å²) in [7, 11) is -4.15. The summed E-state index contributed by atoms with van der Waals surface area (Å²) in [5, 5.41) is 12.7. The number of sulfonamides is 1. The molecule has 0 aliphatic carbocycles. The minimum absolute atomic E-state index is 0.0230. The van der Waals surface area contributed by atoms with Gasteiger partial charge in [0, 0.05) is 18.7 Å². The maximum atomic E-state index is 13.7. The molecule has 3 N–H and O–H groups in total. The van der Waals surface area contributed by atoms with Crippen LogP contribution in [-0.4, -0.2) is 38.0 Å². The topological polar surface area (TPSA) is 116 Å². The lowest BCUT2D eigenvalue weighted by molar-refractivity contribution is -0.120. The fourth-order valence-corrected chi connectivity index (χ4v) is 5.15. The van der Waals surface area contributed by atoms with E-state index in [9.17, 15) is 23.1 Å². The summed E-state index contributed by atoms with van der Waals surface area (Å²) in [4.78, 5) is 28.0. The molecule has 0 aliphatic rings. The first kappa shape index (κ1) is 27.5. The average Bonchev–Trinajstić information content (AvgIpc) is 2.86. The van der Waals surface area contributed by atoms with Crippen LogP contribution in [0, 0.1) is 6.92 Å². The number of urea groups is 1. The molecule has 0 unspecified atom stereocenters. The van der Waals surface area contributed by atoms with Crippen LogP contribution in [-0.2, 0) is 27.7 Å². The van der Waals surface area contributed by atoms with Crippen LogP contribution in [0.4, 0.5) is 10.5 Å². The van der Waals surface area contributed by atoms with E-state index in [1.165, 1.54) is 17.0 Å². The lowest BCUT2D eigenvalue weighted by atomic mass is 10.0. The van der Waals surface area contributed by atoms with E-state index in [1.54, 1.807) is 50.3 Å². The fourth-order valence-electron chi connectivity index (χ4n) is 3.99. The van der Waals surface area contributed by atoms with Crippen LogP contribution in [0.25, 0.3) is 0 Å². The van der Waals surface area contributed by atoms with E-state index >= 15 is 0 Å². The van der Waals surface area contributed by atoms with Gasteiger partial charge in [-0.2, -0.15) is 0 Å². The number of anilines is 1. The molecular formula is C28H31N3O5S. The zero-order chi connectivity index (χ0) is 27.0. The third-order valence-electron chi connectivity index (χ3n) is 5.82. The highest BCUT2D eigenvalue weighted by Gasteiger charge is 2.29. The largest absolute Gasteiger partial charge is 0.508 e. The summed E-state index contributed by atoms with van der Waals surface area (Å²) >= 11 is 0. The number of likely N-dealkylation sites (N-methyl/N-ethyl adjacent to an activating group) is 1. The zero-order valence-corrected chi connectivity index (χ0v) is 21.7. The Morgan fingerprint density at radius 2 is 1.73 bits per heavy atom. The average molecular weight is 522 g/mol. The zero-order valence-electron chi connectivity index (χ0n) is 20.8. The number of amides is 3. The molecule has 0 fully saturated rings. The van der Waals surface area contributed by atoms with Crippen molar-refractivity contribution in [1.82, 2.24) is 10.0 Å². The highest BCUT2D eigenvalue weighted by atomic mass is 32.2. The van der Waals surface area contributed by atoms with E-state index in [2.05, 4.69) is 11.9 Å². The molecule has 0 heterocycles. The Bertz CT molecular complexity index is 1370. The number of benzene rings is 3. The second-order valence-corrected chi connectivity index (χ2v) is 10.1. The Kier molecular flexibility index (Phi) is 9.08. The number of aryl methyl sites for hydroxylation is 1. The van der Waals surface area contributed by atoms with E-state index in [0.717, 1.165) is 5.56 Å². The highest BCUT2D eigenvalue weighted by molar-refractivity contribution is 7.90. The van der Waals surface area contributed by atoms with Crippen LogP contribution in [0.3, 0.4) is 0 Å². The number of hydrogen-bond acceptors (Lipinski definition) is 5. The van der Waals surface area contributed by atoms with Crippen molar-refractivity contribution >= 4 is 27.6 Å². The lowest BCUT2D eigenvalue weighted by Gasteiger charge is -2.28. The molecule has 3 rings (SSSR count). The van der Waals surface area contributed by atoms with Gasteiger partial charge >= 0.3 is 6.03 Å². The van der Waals surface area contributed by atoms with Crippen molar-refractivity contribution in [2.45, 2.75) is 37.6 Å². The first-order chi connectivity index (χ1) is 17.7. The van der Waals surface area contributed by atoms with Crippen LogP contribution in [0.5, 0.6) is 5.75 Å². The van der Waals surface area contributed by atoms with Crippen molar-refractivity contribution < 1.29 is 23.1 Å². The van der Waals surface area contributed by atoms with Crippen molar-refractivity contribution in [3.8, 4) is 5.75 Å². The Hall–Kier alpha value is -4.11. The quantitative estimate of drug-likeness (QED) is 0.348. The van der Waals surface area contributed by atoms with Crippen molar-refractivity contribution in [3.05, 3.63) is 102 Å². The van der Waals surface area contributed by atoms with E-state index in [4.69, 9.17) is 0 Å². The van der Waals surface area contributed by atoms with Gasteiger partial charge in [-0.25, -0.2) is 17.9 Å². The molecule has 3 amide bonds. The number of phenolic OH excluding ortho intramolecular Hbond substituents is 1. The molecule has 37 heavy (non-hydrogen) atoms. The fraction of sp³-hybridized carbons (Fsp3) is 0.214. The van der Waals surface area contributed by atoms with Crippen molar-refractivity contribution in [1.29, 1.82) is 0 Å². The number of carbonyl (C=O) groups excluding carboxylic acids is 2. The molecule has 8 nitrogen and oxygen atoms in total. The highest BCUT2D eigenvalue weighted by Crippen LogP contribution is 2.26. The molecule has 9 heteroatoms. The maximum Gasteiger partial charge on any atom is 0.329 e. The predicted octanol–water partition coefficient (Wildman–Crippen LogP) is 4.08. The summed E-state index contributed by atoms with van der Waals surface area (Å²) < 4.78 is 27.7. The minimum Gasteiger partial charge on any atom is -0.508 e. The van der Waals surface area contributed by atoms with Crippen LogP contribution in [0.2, 0.25) is 0 Å². The molecule has 0 aromatic heterocycles. The number of nitrogens with zero attached hydrogens (tertiary/aromatic N) is 1. The number of allylic oxidation sites excluding steroid dienone is 1. The van der Waals surface area contributed by atoms with Gasteiger partial charge in [-0.1, -0.05) is 54.6 Å². The summed E-state index contributed by atoms with van der Waals surface area (Å²) in [6.07, 6.45) is 2.21. The minimum atomic E-state index is -4.15. The summed E-state index contributed by atoms with van der Waals surface area (Å²) in [5.74, 6) is -0.336. The monoisotopic (exact) mass is 521 g/mol. The molecule has 3 aromatic rings. The van der Waals surface area contributed by atoms with Crippen molar-refractivity contribution in [2.75, 3.05) is 11.4 Å². The maximum absolute atomic E-state index is 13.7. The number of nitrogens with one attached hydrogen (secondary N) is 2. The van der Waals surface area contributed by atoms with E-state index in [0.29, 0.717) is 23.2 Å². The standard InChI is InChI=1S/C28H31N3O5S/c1-4-11-22-19-23(16-17-25(22)32)31(5-2)27(33)24(18-21-13-7-6-8-14-21)29-28(34)30-37(35,36)26-15-10-9-12-20(26)3/h4,6-10,12-17,19,24,32H,1,5,11,18H2,2-3H3,(H2,29,30,34)/t24-/m0/s1. The van der Waals surface area contributed by atoms with Gasteiger partial charge in [0.15, 0.2) is 0 Å². The Balaban J connectivity index is 1.89. The molecule has 3 aromatic carbocycles. The predicted molar refractivity (Wildman–Crippen MR) is 144 cm³/mol. The molecular weight excluding hydrogens is 490 g/mol. The third kappa shape index (κ3) is 6.98. The molecule has 0 radical (unpaired) electrons. The number of hydrogen-bond donors (Lipinski definition) is 3. The van der Waals surface area contributed by atoms with E-state index in [-0.39, 0.29) is 23.6 Å². The summed E-state index contributed by atoms with van der Waals surface area (Å²) in [6, 6.07) is 18.2. The first-order valence-electron chi connectivity index (χ1n) is 11.8. The third-order valence-corrected chi connectivity index (χ3v) is 7.31. The van der Waals surface area contributed by atoms with Gasteiger partial charge in [0.25, 0.3) is 10.0 Å². The van der Waals surface area contributed by atoms with Gasteiger partial charge in [-0.15, -0.1) is 6.58 Å². The van der Waals surface area contributed by atoms with Gasteiger partial charge < -0.3 is 15.3 Å². The molecule has 0 aliphatic heterocycles. The molecule has 194 valence electrons. The summed E-state index contributed by atoms with van der Waals surface area (Å²) in [6.45, 7) is 7.40. The van der Waals surface area contributed by atoms with Gasteiger partial charge in [-0.3, -0.25) is 4.79 Å². The first-order valence-corrected chi connectivity index (χ1v) is 13.3. The summed E-state index contributed by atoms with van der Waals surface area (Å²) in [5.41, 5.74) is 2.42. The Morgan fingerprint density at radius 1 is 1.05 bits per heavy atom. The molecule has 0 bridgehead atoms. The van der Waals surface area contributed by atoms with Crippen molar-refractivity contribution in [2.24, 2.45) is 0 Å². The van der Waals surface area contributed by atoms with Gasteiger partial charge in [0.1, 0.15) is 11.8 Å². The second-order valence-electron chi connectivity index (χ2n) is 8.48. The molecule has 0 saturated carbocycles. The number of aromatic hydroxyl groups is 1. The molecule has 0 saturated heterocycles. The Labute approximate surface area is 217 Å². The lowest BCUT2D eigenvalue weighted by Crippen LogP contribution is -2.53. The van der Waals surface area contributed by atoms with E-state index < -0.39 is 28.0 Å². The number of carbonyl (C=O) groups is 2. The van der Waals surface area contributed by atoms with Crippen LogP contribution in [0.15, 0.2) is 90.3 Å².